The van der Waals surface area contributed by atoms with E-state index >= 15 is 0 Å². The Bertz CT molecular complexity index is 1100. The van der Waals surface area contributed by atoms with Crippen LogP contribution in [0.5, 0.6) is 0 Å². The number of carbonyl (C=O) groups is 3. The van der Waals surface area contributed by atoms with Gasteiger partial charge in [-0.15, -0.1) is 0 Å². The Morgan fingerprint density at radius 1 is 1.15 bits per heavy atom. The van der Waals surface area contributed by atoms with E-state index in [0.29, 0.717) is 12.8 Å². The standard InChI is InChI=1S/C32H44O7/c1-18(2)28(36)37-17-25(35)32-26(38-29(39-32)19-8-6-5-7-9-19)15-23-22-11-10-20-14-21(33)12-13-30(20,3)27(22)24(34)16-31(23,32)4/h12-14,18-19,22-24,26-27,29,34H,5-11,15-17H2,1-4H3/t22-,23-,24-,26?,27+,29+,30-,31-,32+/m0/s1. The molecule has 0 aromatic carbocycles. The Balaban J connectivity index is 1.35. The number of hydrogen-bond acceptors (Lipinski definition) is 7. The van der Waals surface area contributed by atoms with Gasteiger partial charge in [-0.2, -0.15) is 0 Å². The highest BCUT2D eigenvalue weighted by molar-refractivity contribution is 6.01. The van der Waals surface area contributed by atoms with Gasteiger partial charge in [0.05, 0.1) is 18.1 Å². The van der Waals surface area contributed by atoms with E-state index in [9.17, 15) is 19.5 Å². The van der Waals surface area contributed by atoms with E-state index in [1.807, 2.05) is 6.08 Å². The van der Waals surface area contributed by atoms with Crippen molar-refractivity contribution < 1.29 is 33.7 Å². The van der Waals surface area contributed by atoms with E-state index < -0.39 is 35.5 Å². The molecule has 1 heterocycles. The first-order chi connectivity index (χ1) is 18.5. The van der Waals surface area contributed by atoms with Crippen LogP contribution in [0.4, 0.5) is 0 Å². The Labute approximate surface area is 231 Å². The van der Waals surface area contributed by atoms with Gasteiger partial charge in [-0.3, -0.25) is 14.4 Å². The molecule has 7 nitrogen and oxygen atoms in total. The van der Waals surface area contributed by atoms with Crippen LogP contribution in [-0.4, -0.2) is 53.3 Å². The molecule has 5 aliphatic carbocycles. The van der Waals surface area contributed by atoms with Gasteiger partial charge in [0, 0.05) is 22.7 Å². The van der Waals surface area contributed by atoms with Crippen molar-refractivity contribution in [1.82, 2.24) is 0 Å². The smallest absolute Gasteiger partial charge is 0.308 e. The Morgan fingerprint density at radius 3 is 2.62 bits per heavy atom. The molecule has 6 aliphatic rings. The summed E-state index contributed by atoms with van der Waals surface area (Å²) in [5, 5.41) is 11.9. The van der Waals surface area contributed by atoms with E-state index in [-0.39, 0.29) is 53.2 Å². The first kappa shape index (κ1) is 27.3. The number of esters is 1. The molecular weight excluding hydrogens is 496 g/mol. The summed E-state index contributed by atoms with van der Waals surface area (Å²) in [5.74, 6) is -0.471. The number of Topliss-reactive ketones (excluding diaryl/α,β-unsaturated/α-hetero) is 1. The second-order valence-electron chi connectivity index (χ2n) is 13.9. The highest BCUT2D eigenvalue weighted by Gasteiger charge is 2.76. The zero-order chi connectivity index (χ0) is 27.7. The van der Waals surface area contributed by atoms with Gasteiger partial charge in [-0.1, -0.05) is 58.6 Å². The molecular formula is C32H44O7. The third kappa shape index (κ3) is 3.97. The lowest BCUT2D eigenvalue weighted by atomic mass is 9.46. The maximum atomic E-state index is 14.2. The van der Waals surface area contributed by atoms with Crippen molar-refractivity contribution in [3.05, 3.63) is 23.8 Å². The van der Waals surface area contributed by atoms with Crippen molar-refractivity contribution in [3.8, 4) is 0 Å². The minimum absolute atomic E-state index is 0.0162. The lowest BCUT2D eigenvalue weighted by Crippen LogP contribution is -2.63. The molecule has 0 aromatic rings. The Hall–Kier alpha value is -1.83. The van der Waals surface area contributed by atoms with E-state index in [1.54, 1.807) is 26.0 Å². The van der Waals surface area contributed by atoms with Crippen LogP contribution < -0.4 is 0 Å². The average Bonchev–Trinajstić information content (AvgIpc) is 3.41. The number of ether oxygens (including phenoxy) is 3. The third-order valence-corrected chi connectivity index (χ3v) is 11.5. The number of ketones is 2. The largest absolute Gasteiger partial charge is 0.457 e. The summed E-state index contributed by atoms with van der Waals surface area (Å²) in [5.41, 5.74) is -1.19. The molecule has 1 aliphatic heterocycles. The topological polar surface area (TPSA) is 99.1 Å². The molecule has 0 amide bonds. The SMILES string of the molecule is CC(C)C(=O)OCC(=O)[C@@]12O[C@H](C3CCCCC3)OC1C[C@H]1[C@@H]3CCC4=CC(=O)C=C[C@]4(C)[C@H]3[C@@H](O)C[C@@]12C. The fourth-order valence-corrected chi connectivity index (χ4v) is 9.62. The normalized spacial score (nSPS) is 45.3. The van der Waals surface area contributed by atoms with Crippen molar-refractivity contribution in [3.63, 3.8) is 0 Å². The first-order valence-corrected chi connectivity index (χ1v) is 15.2. The molecule has 4 saturated carbocycles. The quantitative estimate of drug-likeness (QED) is 0.505. The van der Waals surface area contributed by atoms with E-state index in [0.717, 1.165) is 44.1 Å². The van der Waals surface area contributed by atoms with Gasteiger partial charge in [0.25, 0.3) is 0 Å². The summed E-state index contributed by atoms with van der Waals surface area (Å²) < 4.78 is 19.0. The van der Waals surface area contributed by atoms with Crippen molar-refractivity contribution >= 4 is 17.5 Å². The summed E-state index contributed by atoms with van der Waals surface area (Å²) in [6.45, 7) is 7.44. The predicted octanol–water partition coefficient (Wildman–Crippen LogP) is 4.70. The zero-order valence-electron chi connectivity index (χ0n) is 23.8. The molecule has 39 heavy (non-hydrogen) atoms. The molecule has 0 aromatic heterocycles. The van der Waals surface area contributed by atoms with Crippen LogP contribution in [0.1, 0.15) is 85.5 Å². The van der Waals surface area contributed by atoms with Gasteiger partial charge in [0.15, 0.2) is 24.3 Å². The molecule has 1 N–H and O–H groups in total. The van der Waals surface area contributed by atoms with Gasteiger partial charge in [-0.25, -0.2) is 0 Å². The second-order valence-corrected chi connectivity index (χ2v) is 13.9. The van der Waals surface area contributed by atoms with Gasteiger partial charge < -0.3 is 19.3 Å². The molecule has 6 rings (SSSR count). The number of rotatable bonds is 5. The molecule has 1 unspecified atom stereocenters. The first-order valence-electron chi connectivity index (χ1n) is 15.2. The van der Waals surface area contributed by atoms with Crippen molar-refractivity contribution in [2.45, 2.75) is 110 Å². The summed E-state index contributed by atoms with van der Waals surface area (Å²) >= 11 is 0. The van der Waals surface area contributed by atoms with Crippen LogP contribution in [0.2, 0.25) is 0 Å². The number of aliphatic hydroxyl groups is 1. The highest BCUT2D eigenvalue weighted by atomic mass is 16.7. The van der Waals surface area contributed by atoms with Gasteiger partial charge in [0.1, 0.15) is 0 Å². The second kappa shape index (κ2) is 9.63. The van der Waals surface area contributed by atoms with Crippen LogP contribution in [0.3, 0.4) is 0 Å². The third-order valence-electron chi connectivity index (χ3n) is 11.5. The molecule has 0 bridgehead atoms. The van der Waals surface area contributed by atoms with Crippen LogP contribution in [0, 0.1) is 40.4 Å². The van der Waals surface area contributed by atoms with E-state index in [1.165, 1.54) is 6.42 Å². The summed E-state index contributed by atoms with van der Waals surface area (Å²) in [4.78, 5) is 38.7. The number of carbonyl (C=O) groups excluding carboxylic acids is 3. The number of aliphatic hydroxyl groups excluding tert-OH is 1. The summed E-state index contributed by atoms with van der Waals surface area (Å²) in [7, 11) is 0. The van der Waals surface area contributed by atoms with Crippen LogP contribution in [-0.2, 0) is 28.6 Å². The number of hydrogen-bond donors (Lipinski definition) is 1. The molecule has 214 valence electrons. The van der Waals surface area contributed by atoms with Crippen LogP contribution >= 0.6 is 0 Å². The lowest BCUT2D eigenvalue weighted by molar-refractivity contribution is -0.210. The fraction of sp³-hybridized carbons (Fsp3) is 0.781. The maximum Gasteiger partial charge on any atom is 0.308 e. The minimum Gasteiger partial charge on any atom is -0.457 e. The van der Waals surface area contributed by atoms with Crippen molar-refractivity contribution in [2.75, 3.05) is 6.61 Å². The van der Waals surface area contributed by atoms with Crippen LogP contribution in [0.25, 0.3) is 0 Å². The van der Waals surface area contributed by atoms with Crippen LogP contribution in [0.15, 0.2) is 23.8 Å². The molecule has 5 fully saturated rings. The lowest BCUT2D eigenvalue weighted by Gasteiger charge is -2.59. The Kier molecular flexibility index (Phi) is 6.75. The van der Waals surface area contributed by atoms with E-state index in [2.05, 4.69) is 13.8 Å². The summed E-state index contributed by atoms with van der Waals surface area (Å²) in [6, 6.07) is 0. The zero-order valence-corrected chi connectivity index (χ0v) is 23.8. The Morgan fingerprint density at radius 2 is 1.90 bits per heavy atom. The molecule has 1 saturated heterocycles. The van der Waals surface area contributed by atoms with Gasteiger partial charge in [-0.05, 0) is 62.5 Å². The van der Waals surface area contributed by atoms with Crippen molar-refractivity contribution in [1.29, 1.82) is 0 Å². The average molecular weight is 541 g/mol. The highest BCUT2D eigenvalue weighted by Crippen LogP contribution is 2.70. The number of fused-ring (bicyclic) bond motifs is 7. The molecule has 9 atom stereocenters. The van der Waals surface area contributed by atoms with Crippen molar-refractivity contribution in [2.24, 2.45) is 40.4 Å². The molecule has 7 heteroatoms. The number of allylic oxidation sites excluding steroid dienone is 4. The van der Waals surface area contributed by atoms with Gasteiger partial charge >= 0.3 is 5.97 Å². The summed E-state index contributed by atoms with van der Waals surface area (Å²) in [6.07, 6.45) is 12.2. The van der Waals surface area contributed by atoms with Gasteiger partial charge in [0.2, 0.25) is 5.78 Å². The van der Waals surface area contributed by atoms with E-state index in [4.69, 9.17) is 14.2 Å². The monoisotopic (exact) mass is 540 g/mol. The fourth-order valence-electron chi connectivity index (χ4n) is 9.62. The minimum atomic E-state index is -1.25. The maximum absolute atomic E-state index is 14.2. The molecule has 0 radical (unpaired) electrons. The predicted molar refractivity (Wildman–Crippen MR) is 143 cm³/mol. The molecule has 0 spiro atoms.